The minimum atomic E-state index is -0.0540. The lowest BCUT2D eigenvalue weighted by Crippen LogP contribution is -2.24. The number of rotatable bonds is 7. The summed E-state index contributed by atoms with van der Waals surface area (Å²) in [6, 6.07) is 4.80. The third kappa shape index (κ3) is 4.59. The van der Waals surface area contributed by atoms with Crippen LogP contribution in [0.1, 0.15) is 56.2 Å². The first kappa shape index (κ1) is 15.5. The van der Waals surface area contributed by atoms with Gasteiger partial charge in [0.05, 0.1) is 0 Å². The molecule has 1 aliphatic rings. The van der Waals surface area contributed by atoms with Crippen LogP contribution in [0.3, 0.4) is 0 Å². The summed E-state index contributed by atoms with van der Waals surface area (Å²) in [5, 5.41) is 3.59. The van der Waals surface area contributed by atoms with Gasteiger partial charge in [-0.2, -0.15) is 0 Å². The van der Waals surface area contributed by atoms with Gasteiger partial charge in [-0.3, -0.25) is 0 Å². The maximum atomic E-state index is 13.6. The quantitative estimate of drug-likeness (QED) is 0.771. The van der Waals surface area contributed by atoms with Crippen molar-refractivity contribution >= 4 is 0 Å². The fourth-order valence-corrected chi connectivity index (χ4v) is 2.69. The lowest BCUT2D eigenvalue weighted by molar-refractivity contribution is 0.302. The predicted molar refractivity (Wildman–Crippen MR) is 83.6 cm³/mol. The highest BCUT2D eigenvalue weighted by Crippen LogP contribution is 2.28. The number of hydrogen-bond donors (Lipinski definition) is 1. The van der Waals surface area contributed by atoms with Crippen LogP contribution in [0.2, 0.25) is 0 Å². The lowest BCUT2D eigenvalue weighted by atomic mass is 9.83. The van der Waals surface area contributed by atoms with E-state index in [9.17, 15) is 4.39 Å². The highest BCUT2D eigenvalue weighted by Gasteiger charge is 2.22. The van der Waals surface area contributed by atoms with Crippen LogP contribution >= 0.6 is 0 Å². The molecular weight excluding hydrogens is 249 g/mol. The summed E-state index contributed by atoms with van der Waals surface area (Å²) in [4.78, 5) is 0. The topological polar surface area (TPSA) is 12.0 Å². The molecule has 0 amide bonds. The average Bonchev–Trinajstić information content (AvgIpc) is 3.17. The van der Waals surface area contributed by atoms with Crippen LogP contribution in [0.4, 0.5) is 4.39 Å². The van der Waals surface area contributed by atoms with Crippen LogP contribution < -0.4 is 5.32 Å². The second-order valence-electron chi connectivity index (χ2n) is 7.19. The zero-order chi connectivity index (χ0) is 14.8. The van der Waals surface area contributed by atoms with E-state index >= 15 is 0 Å². The Kier molecular flexibility index (Phi) is 4.85. The van der Waals surface area contributed by atoms with Gasteiger partial charge in [0.1, 0.15) is 5.82 Å². The molecule has 0 radical (unpaired) electrons. The van der Waals surface area contributed by atoms with E-state index in [1.807, 2.05) is 26.0 Å². The molecule has 0 spiro atoms. The second-order valence-corrected chi connectivity index (χ2v) is 7.19. The Labute approximate surface area is 123 Å². The third-order valence-electron chi connectivity index (χ3n) is 4.40. The van der Waals surface area contributed by atoms with Crippen LogP contribution in [0.25, 0.3) is 0 Å². The third-order valence-corrected chi connectivity index (χ3v) is 4.40. The summed E-state index contributed by atoms with van der Waals surface area (Å²) in [5.74, 6) is -0.0540. The van der Waals surface area contributed by atoms with Gasteiger partial charge in [0, 0.05) is 6.04 Å². The predicted octanol–water partition coefficient (Wildman–Crippen LogP) is 4.54. The van der Waals surface area contributed by atoms with Gasteiger partial charge >= 0.3 is 0 Å². The number of hydrogen-bond acceptors (Lipinski definition) is 1. The van der Waals surface area contributed by atoms with Gasteiger partial charge in [0.25, 0.3) is 0 Å². The Morgan fingerprint density at radius 2 is 1.75 bits per heavy atom. The zero-order valence-electron chi connectivity index (χ0n) is 13.4. The molecular formula is C18H28FN. The van der Waals surface area contributed by atoms with Gasteiger partial charge in [-0.05, 0) is 74.6 Å². The number of aryl methyl sites for hydroxylation is 3. The summed E-state index contributed by atoms with van der Waals surface area (Å²) in [7, 11) is 0. The Morgan fingerprint density at radius 3 is 2.30 bits per heavy atom. The summed E-state index contributed by atoms with van der Waals surface area (Å²) >= 11 is 0. The van der Waals surface area contributed by atoms with Gasteiger partial charge in [0.2, 0.25) is 0 Å². The van der Waals surface area contributed by atoms with Crippen molar-refractivity contribution in [1.29, 1.82) is 0 Å². The summed E-state index contributed by atoms with van der Waals surface area (Å²) < 4.78 is 13.6. The minimum absolute atomic E-state index is 0.0540. The van der Waals surface area contributed by atoms with E-state index in [-0.39, 0.29) is 5.82 Å². The summed E-state index contributed by atoms with van der Waals surface area (Å²) in [5.41, 5.74) is 3.16. The van der Waals surface area contributed by atoms with E-state index in [1.54, 1.807) is 0 Å². The first-order valence-electron chi connectivity index (χ1n) is 7.86. The molecule has 20 heavy (non-hydrogen) atoms. The first-order valence-corrected chi connectivity index (χ1v) is 7.86. The Bertz CT molecular complexity index is 437. The minimum Gasteiger partial charge on any atom is -0.314 e. The van der Waals surface area contributed by atoms with Crippen LogP contribution in [-0.2, 0) is 6.42 Å². The molecule has 1 aromatic rings. The van der Waals surface area contributed by atoms with Crippen molar-refractivity contribution in [2.24, 2.45) is 5.41 Å². The molecule has 1 aromatic carbocycles. The Balaban J connectivity index is 1.83. The highest BCUT2D eigenvalue weighted by atomic mass is 19.1. The van der Waals surface area contributed by atoms with E-state index in [0.29, 0.717) is 5.41 Å². The Hall–Kier alpha value is -0.890. The number of nitrogens with one attached hydrogen (secondary N) is 1. The molecule has 0 bridgehead atoms. The van der Waals surface area contributed by atoms with Crippen molar-refractivity contribution in [3.05, 3.63) is 34.6 Å². The molecule has 0 saturated heterocycles. The molecule has 1 saturated carbocycles. The maximum Gasteiger partial charge on any atom is 0.129 e. The normalized spacial score (nSPS) is 15.7. The standard InChI is InChI=1S/C18H28FN/c1-13-11-15(12-14(2)17(13)19)7-8-18(3,4)9-10-20-16-5-6-16/h11-12,16,20H,5-10H2,1-4H3. The molecule has 0 aromatic heterocycles. The summed E-state index contributed by atoms with van der Waals surface area (Å²) in [6.45, 7) is 9.52. The fourth-order valence-electron chi connectivity index (χ4n) is 2.69. The van der Waals surface area contributed by atoms with Gasteiger partial charge in [-0.1, -0.05) is 26.0 Å². The van der Waals surface area contributed by atoms with Crippen molar-refractivity contribution in [3.63, 3.8) is 0 Å². The average molecular weight is 277 g/mol. The van der Waals surface area contributed by atoms with E-state index in [4.69, 9.17) is 0 Å². The Morgan fingerprint density at radius 1 is 1.15 bits per heavy atom. The largest absolute Gasteiger partial charge is 0.314 e. The smallest absolute Gasteiger partial charge is 0.129 e. The van der Waals surface area contributed by atoms with E-state index in [1.165, 1.54) is 24.8 Å². The molecule has 0 unspecified atom stereocenters. The van der Waals surface area contributed by atoms with Crippen molar-refractivity contribution in [2.75, 3.05) is 6.54 Å². The highest BCUT2D eigenvalue weighted by molar-refractivity contribution is 5.30. The molecule has 1 N–H and O–H groups in total. The van der Waals surface area contributed by atoms with Gasteiger partial charge < -0.3 is 5.32 Å². The van der Waals surface area contributed by atoms with E-state index in [0.717, 1.165) is 36.6 Å². The molecule has 0 heterocycles. The first-order chi connectivity index (χ1) is 9.37. The maximum absolute atomic E-state index is 13.6. The fraction of sp³-hybridized carbons (Fsp3) is 0.667. The second kappa shape index (κ2) is 6.26. The SMILES string of the molecule is Cc1cc(CCC(C)(C)CCNC2CC2)cc(C)c1F. The van der Waals surface area contributed by atoms with Gasteiger partial charge in [-0.15, -0.1) is 0 Å². The molecule has 2 rings (SSSR count). The van der Waals surface area contributed by atoms with E-state index < -0.39 is 0 Å². The monoisotopic (exact) mass is 277 g/mol. The zero-order valence-corrected chi connectivity index (χ0v) is 13.4. The van der Waals surface area contributed by atoms with Crippen molar-refractivity contribution in [1.82, 2.24) is 5.32 Å². The molecule has 0 atom stereocenters. The molecule has 112 valence electrons. The number of halogens is 1. The summed E-state index contributed by atoms with van der Waals surface area (Å²) in [6.07, 6.45) is 6.12. The van der Waals surface area contributed by atoms with Crippen molar-refractivity contribution in [3.8, 4) is 0 Å². The van der Waals surface area contributed by atoms with Crippen LogP contribution in [0.15, 0.2) is 12.1 Å². The molecule has 1 fully saturated rings. The van der Waals surface area contributed by atoms with Crippen molar-refractivity contribution < 1.29 is 4.39 Å². The molecule has 1 nitrogen and oxygen atoms in total. The van der Waals surface area contributed by atoms with Crippen LogP contribution in [0.5, 0.6) is 0 Å². The number of benzene rings is 1. The van der Waals surface area contributed by atoms with Crippen molar-refractivity contribution in [2.45, 2.75) is 65.8 Å². The van der Waals surface area contributed by atoms with E-state index in [2.05, 4.69) is 19.2 Å². The van der Waals surface area contributed by atoms with Gasteiger partial charge in [-0.25, -0.2) is 4.39 Å². The van der Waals surface area contributed by atoms with Crippen LogP contribution in [-0.4, -0.2) is 12.6 Å². The molecule has 1 aliphatic carbocycles. The van der Waals surface area contributed by atoms with Gasteiger partial charge in [0.15, 0.2) is 0 Å². The van der Waals surface area contributed by atoms with Crippen LogP contribution in [0, 0.1) is 25.1 Å². The lowest BCUT2D eigenvalue weighted by Gasteiger charge is -2.25. The molecule has 2 heteroatoms. The molecule has 0 aliphatic heterocycles.